The van der Waals surface area contributed by atoms with Gasteiger partial charge >= 0.3 is 0 Å². The highest BCUT2D eigenvalue weighted by molar-refractivity contribution is 5.94. The van der Waals surface area contributed by atoms with E-state index in [1.807, 2.05) is 31.2 Å². The van der Waals surface area contributed by atoms with Crippen LogP contribution in [0.4, 0.5) is 0 Å². The SMILES string of the molecule is CCCN(Cc1cc(C(=O)NCCc2ccc(OC)cc2)no1)C(=O)c1cccnc1. The van der Waals surface area contributed by atoms with Gasteiger partial charge in [-0.05, 0) is 42.7 Å². The summed E-state index contributed by atoms with van der Waals surface area (Å²) in [7, 11) is 1.62. The first-order valence-electron chi connectivity index (χ1n) is 10.2. The molecule has 8 nitrogen and oxygen atoms in total. The molecule has 0 aliphatic rings. The zero-order valence-corrected chi connectivity index (χ0v) is 17.7. The zero-order valence-electron chi connectivity index (χ0n) is 17.7. The second-order valence-corrected chi connectivity index (χ2v) is 7.00. The third kappa shape index (κ3) is 6.15. The highest BCUT2D eigenvalue weighted by Crippen LogP contribution is 2.13. The number of hydrogen-bond donors (Lipinski definition) is 1. The van der Waals surface area contributed by atoms with Crippen molar-refractivity contribution in [1.29, 1.82) is 0 Å². The normalized spacial score (nSPS) is 10.5. The predicted molar refractivity (Wildman–Crippen MR) is 115 cm³/mol. The molecule has 3 rings (SSSR count). The van der Waals surface area contributed by atoms with E-state index in [1.54, 1.807) is 36.4 Å². The predicted octanol–water partition coefficient (Wildman–Crippen LogP) is 3.10. The Bertz CT molecular complexity index is 986. The molecular formula is C23H26N4O4. The second-order valence-electron chi connectivity index (χ2n) is 7.00. The molecule has 0 aliphatic heterocycles. The summed E-state index contributed by atoms with van der Waals surface area (Å²) in [5.41, 5.74) is 1.79. The minimum atomic E-state index is -0.316. The lowest BCUT2D eigenvalue weighted by atomic mass is 10.1. The smallest absolute Gasteiger partial charge is 0.273 e. The zero-order chi connectivity index (χ0) is 22.1. The van der Waals surface area contributed by atoms with Gasteiger partial charge in [-0.15, -0.1) is 0 Å². The van der Waals surface area contributed by atoms with Crippen LogP contribution in [-0.4, -0.2) is 47.1 Å². The van der Waals surface area contributed by atoms with Gasteiger partial charge in [-0.2, -0.15) is 0 Å². The van der Waals surface area contributed by atoms with Crippen LogP contribution in [-0.2, 0) is 13.0 Å². The summed E-state index contributed by atoms with van der Waals surface area (Å²) in [5.74, 6) is 0.786. The number of amides is 2. The lowest BCUT2D eigenvalue weighted by molar-refractivity contribution is 0.0726. The summed E-state index contributed by atoms with van der Waals surface area (Å²) in [5, 5.41) is 6.69. The van der Waals surface area contributed by atoms with Gasteiger partial charge in [-0.25, -0.2) is 0 Å². The molecule has 2 heterocycles. The van der Waals surface area contributed by atoms with E-state index in [4.69, 9.17) is 9.26 Å². The van der Waals surface area contributed by atoms with Crippen LogP contribution in [0.1, 0.15) is 45.5 Å². The fourth-order valence-corrected chi connectivity index (χ4v) is 3.08. The van der Waals surface area contributed by atoms with Gasteiger partial charge in [0.1, 0.15) is 5.75 Å². The van der Waals surface area contributed by atoms with Crippen molar-refractivity contribution in [2.24, 2.45) is 0 Å². The Morgan fingerprint density at radius 1 is 1.19 bits per heavy atom. The molecule has 0 bridgehead atoms. The molecule has 0 aliphatic carbocycles. The Morgan fingerprint density at radius 2 is 2.00 bits per heavy atom. The fraction of sp³-hybridized carbons (Fsp3) is 0.304. The molecule has 1 N–H and O–H groups in total. The topological polar surface area (TPSA) is 97.6 Å². The van der Waals surface area contributed by atoms with Gasteiger partial charge in [0.15, 0.2) is 11.5 Å². The number of hydrogen-bond acceptors (Lipinski definition) is 6. The van der Waals surface area contributed by atoms with E-state index in [0.29, 0.717) is 30.8 Å². The summed E-state index contributed by atoms with van der Waals surface area (Å²) in [4.78, 5) is 30.8. The number of methoxy groups -OCH3 is 1. The first-order valence-corrected chi connectivity index (χ1v) is 10.2. The van der Waals surface area contributed by atoms with Gasteiger partial charge in [0.05, 0.1) is 19.2 Å². The van der Waals surface area contributed by atoms with Crippen molar-refractivity contribution in [1.82, 2.24) is 20.4 Å². The van der Waals surface area contributed by atoms with Crippen LogP contribution in [0.3, 0.4) is 0 Å². The van der Waals surface area contributed by atoms with Crippen molar-refractivity contribution in [2.75, 3.05) is 20.2 Å². The van der Waals surface area contributed by atoms with Crippen LogP contribution in [0, 0.1) is 0 Å². The Hall–Kier alpha value is -3.68. The number of pyridine rings is 1. The van der Waals surface area contributed by atoms with Crippen LogP contribution in [0.25, 0.3) is 0 Å². The third-order valence-corrected chi connectivity index (χ3v) is 4.69. The molecule has 0 fully saturated rings. The largest absolute Gasteiger partial charge is 0.497 e. The molecule has 0 unspecified atom stereocenters. The number of nitrogens with zero attached hydrogens (tertiary/aromatic N) is 3. The number of benzene rings is 1. The highest BCUT2D eigenvalue weighted by Gasteiger charge is 2.19. The minimum Gasteiger partial charge on any atom is -0.497 e. The molecule has 2 amide bonds. The lowest BCUT2D eigenvalue weighted by Crippen LogP contribution is -2.31. The Kier molecular flexibility index (Phi) is 7.75. The summed E-state index contributed by atoms with van der Waals surface area (Å²) < 4.78 is 10.4. The molecule has 162 valence electrons. The van der Waals surface area contributed by atoms with Crippen molar-refractivity contribution in [3.8, 4) is 5.75 Å². The van der Waals surface area contributed by atoms with Crippen LogP contribution in [0.15, 0.2) is 59.4 Å². The van der Waals surface area contributed by atoms with Crippen molar-refractivity contribution in [3.05, 3.63) is 77.4 Å². The first kappa shape index (κ1) is 22.0. The van der Waals surface area contributed by atoms with E-state index in [-0.39, 0.29) is 24.1 Å². The maximum atomic E-state index is 12.7. The van der Waals surface area contributed by atoms with Crippen LogP contribution < -0.4 is 10.1 Å². The monoisotopic (exact) mass is 422 g/mol. The average Bonchev–Trinajstić information content (AvgIpc) is 3.28. The van der Waals surface area contributed by atoms with E-state index in [1.165, 1.54) is 6.20 Å². The third-order valence-electron chi connectivity index (χ3n) is 4.69. The molecule has 8 heteroatoms. The Morgan fingerprint density at radius 3 is 2.68 bits per heavy atom. The summed E-state index contributed by atoms with van der Waals surface area (Å²) in [6.45, 7) is 3.24. The molecule has 0 radical (unpaired) electrons. The first-order chi connectivity index (χ1) is 15.1. The number of carbonyl (C=O) groups is 2. The molecule has 31 heavy (non-hydrogen) atoms. The molecule has 3 aromatic rings. The molecule has 1 aromatic carbocycles. The quantitative estimate of drug-likeness (QED) is 0.539. The number of ether oxygens (including phenoxy) is 1. The summed E-state index contributed by atoms with van der Waals surface area (Å²) in [6, 6.07) is 12.7. The van der Waals surface area contributed by atoms with Gasteiger partial charge in [0, 0.05) is 31.5 Å². The minimum absolute atomic E-state index is 0.142. The van der Waals surface area contributed by atoms with Crippen molar-refractivity contribution in [3.63, 3.8) is 0 Å². The van der Waals surface area contributed by atoms with Gasteiger partial charge in [-0.3, -0.25) is 14.6 Å². The summed E-state index contributed by atoms with van der Waals surface area (Å²) >= 11 is 0. The van der Waals surface area contributed by atoms with Crippen molar-refractivity contribution < 1.29 is 18.8 Å². The lowest BCUT2D eigenvalue weighted by Gasteiger charge is -2.20. The van der Waals surface area contributed by atoms with Crippen molar-refractivity contribution >= 4 is 11.8 Å². The standard InChI is InChI=1S/C23H26N4O4/c1-3-13-27(23(29)18-5-4-11-24-15-18)16-20-14-21(26-31-20)22(28)25-12-10-17-6-8-19(30-2)9-7-17/h4-9,11,14-15H,3,10,12-13,16H2,1-2H3,(H,25,28). The van der Waals surface area contributed by atoms with Gasteiger partial charge in [-0.1, -0.05) is 24.2 Å². The molecule has 2 aromatic heterocycles. The Balaban J connectivity index is 1.55. The van der Waals surface area contributed by atoms with Crippen LogP contribution >= 0.6 is 0 Å². The van der Waals surface area contributed by atoms with Gasteiger partial charge in [0.2, 0.25) is 0 Å². The van der Waals surface area contributed by atoms with Crippen LogP contribution in [0.2, 0.25) is 0 Å². The van der Waals surface area contributed by atoms with E-state index in [0.717, 1.165) is 17.7 Å². The Labute approximate surface area is 181 Å². The van der Waals surface area contributed by atoms with E-state index in [9.17, 15) is 9.59 Å². The maximum Gasteiger partial charge on any atom is 0.273 e. The van der Waals surface area contributed by atoms with Crippen LogP contribution in [0.5, 0.6) is 5.75 Å². The highest BCUT2D eigenvalue weighted by atomic mass is 16.5. The number of nitrogens with one attached hydrogen (secondary N) is 1. The van der Waals surface area contributed by atoms with Gasteiger partial charge < -0.3 is 19.5 Å². The number of aromatic nitrogens is 2. The second kappa shape index (κ2) is 10.9. The number of rotatable bonds is 10. The average molecular weight is 422 g/mol. The molecule has 0 saturated carbocycles. The molecular weight excluding hydrogens is 396 g/mol. The number of carbonyl (C=O) groups excluding carboxylic acids is 2. The summed E-state index contributed by atoms with van der Waals surface area (Å²) in [6.07, 6.45) is 4.63. The van der Waals surface area contributed by atoms with E-state index >= 15 is 0 Å². The molecule has 0 spiro atoms. The molecule has 0 saturated heterocycles. The van der Waals surface area contributed by atoms with Crippen molar-refractivity contribution in [2.45, 2.75) is 26.3 Å². The molecule has 0 atom stereocenters. The van der Waals surface area contributed by atoms with E-state index < -0.39 is 0 Å². The van der Waals surface area contributed by atoms with Gasteiger partial charge in [0.25, 0.3) is 11.8 Å². The van der Waals surface area contributed by atoms with E-state index in [2.05, 4.69) is 15.5 Å². The maximum absolute atomic E-state index is 12.7. The fourth-order valence-electron chi connectivity index (χ4n) is 3.08.